The Morgan fingerprint density at radius 3 is 2.77 bits per heavy atom. The van der Waals surface area contributed by atoms with Crippen molar-refractivity contribution in [3.63, 3.8) is 0 Å². The number of carboxylic acid groups (broad SMARTS) is 1. The van der Waals surface area contributed by atoms with Crippen LogP contribution in [-0.4, -0.2) is 53.7 Å². The minimum absolute atomic E-state index is 0.197. The molecule has 0 radical (unpaired) electrons. The number of aromatic nitrogens is 1. The summed E-state index contributed by atoms with van der Waals surface area (Å²) in [5.74, 6) is -0.742. The number of carbonyl (C=O) groups is 1. The van der Waals surface area contributed by atoms with Gasteiger partial charge in [-0.25, -0.2) is 0 Å². The average Bonchev–Trinajstić information content (AvgIpc) is 2.96. The Labute approximate surface area is 129 Å². The van der Waals surface area contributed by atoms with Crippen molar-refractivity contribution in [3.05, 3.63) is 23.8 Å². The van der Waals surface area contributed by atoms with Crippen LogP contribution in [0.4, 0.5) is 6.01 Å². The summed E-state index contributed by atoms with van der Waals surface area (Å²) in [4.78, 5) is 19.5. The molecule has 118 valence electrons. The number of oxazole rings is 1. The van der Waals surface area contributed by atoms with Crippen molar-refractivity contribution in [1.29, 1.82) is 0 Å². The zero-order chi connectivity index (χ0) is 15.5. The molecule has 6 nitrogen and oxygen atoms in total. The predicted molar refractivity (Wildman–Crippen MR) is 84.3 cm³/mol. The van der Waals surface area contributed by atoms with Crippen LogP contribution in [0.3, 0.4) is 0 Å². The molecule has 1 aromatic heterocycles. The number of hydrogen-bond acceptors (Lipinski definition) is 5. The highest BCUT2D eigenvalue weighted by atomic mass is 16.4. The van der Waals surface area contributed by atoms with E-state index in [0.717, 1.165) is 43.7 Å². The number of fused-ring (bicyclic) bond motifs is 1. The minimum atomic E-state index is -0.742. The molecule has 22 heavy (non-hydrogen) atoms. The Morgan fingerprint density at radius 2 is 2.09 bits per heavy atom. The van der Waals surface area contributed by atoms with E-state index in [9.17, 15) is 4.79 Å². The first-order valence-corrected chi connectivity index (χ1v) is 7.74. The molecule has 1 aliphatic heterocycles. The van der Waals surface area contributed by atoms with Crippen LogP contribution in [0.25, 0.3) is 11.1 Å². The number of carboxylic acids is 1. The van der Waals surface area contributed by atoms with Crippen molar-refractivity contribution in [2.24, 2.45) is 0 Å². The summed E-state index contributed by atoms with van der Waals surface area (Å²) in [7, 11) is 0. The molecule has 6 heteroatoms. The standard InChI is InChI=1S/C16H21N3O3/c1-2-12-3-4-14-13(11-12)17-16(22-14)19-9-7-18(8-10-19)6-5-15(20)21/h3-4,11H,2,5-10H2,1H3,(H,20,21). The minimum Gasteiger partial charge on any atom is -0.481 e. The molecule has 0 aliphatic carbocycles. The van der Waals surface area contributed by atoms with Crippen LogP contribution in [0.5, 0.6) is 0 Å². The van der Waals surface area contributed by atoms with Gasteiger partial charge in [-0.1, -0.05) is 13.0 Å². The van der Waals surface area contributed by atoms with E-state index >= 15 is 0 Å². The third kappa shape index (κ3) is 3.22. The fraction of sp³-hybridized carbons (Fsp3) is 0.500. The lowest BCUT2D eigenvalue weighted by atomic mass is 10.1. The van der Waals surface area contributed by atoms with Gasteiger partial charge in [0.05, 0.1) is 6.42 Å². The molecule has 1 aromatic carbocycles. The molecule has 0 spiro atoms. The van der Waals surface area contributed by atoms with E-state index in [1.807, 2.05) is 6.07 Å². The van der Waals surface area contributed by atoms with E-state index in [4.69, 9.17) is 9.52 Å². The SMILES string of the molecule is CCc1ccc2oc(N3CCN(CCC(=O)O)CC3)nc2c1. The molecule has 0 saturated carbocycles. The first-order chi connectivity index (χ1) is 10.7. The maximum atomic E-state index is 10.6. The largest absolute Gasteiger partial charge is 0.481 e. The number of rotatable bonds is 5. The van der Waals surface area contributed by atoms with Gasteiger partial charge in [0.1, 0.15) is 5.52 Å². The second-order valence-corrected chi connectivity index (χ2v) is 5.62. The summed E-state index contributed by atoms with van der Waals surface area (Å²) in [5, 5.41) is 8.74. The third-order valence-electron chi connectivity index (χ3n) is 4.13. The molecule has 0 amide bonds. The number of aryl methyl sites for hydroxylation is 1. The smallest absolute Gasteiger partial charge is 0.304 e. The predicted octanol–water partition coefficient (Wildman–Crippen LogP) is 1.99. The van der Waals surface area contributed by atoms with E-state index in [0.29, 0.717) is 12.6 Å². The summed E-state index contributed by atoms with van der Waals surface area (Å²) < 4.78 is 5.84. The van der Waals surface area contributed by atoms with Gasteiger partial charge in [-0.15, -0.1) is 0 Å². The Balaban J connectivity index is 1.64. The molecule has 1 aliphatic rings. The Bertz CT molecular complexity index is 660. The highest BCUT2D eigenvalue weighted by Crippen LogP contribution is 2.24. The van der Waals surface area contributed by atoms with Crippen LogP contribution in [0.1, 0.15) is 18.9 Å². The van der Waals surface area contributed by atoms with Crippen molar-refractivity contribution in [3.8, 4) is 0 Å². The zero-order valence-corrected chi connectivity index (χ0v) is 12.8. The fourth-order valence-corrected chi connectivity index (χ4v) is 2.73. The Morgan fingerprint density at radius 1 is 1.32 bits per heavy atom. The highest BCUT2D eigenvalue weighted by molar-refractivity contribution is 5.75. The number of nitrogens with zero attached hydrogens (tertiary/aromatic N) is 3. The molecule has 1 N–H and O–H groups in total. The van der Waals surface area contributed by atoms with E-state index in [-0.39, 0.29) is 6.42 Å². The normalized spacial score (nSPS) is 16.3. The number of aliphatic carboxylic acids is 1. The van der Waals surface area contributed by atoms with Gasteiger partial charge in [0.15, 0.2) is 5.58 Å². The van der Waals surface area contributed by atoms with Gasteiger partial charge < -0.3 is 14.4 Å². The van der Waals surface area contributed by atoms with Gasteiger partial charge in [-0.3, -0.25) is 9.69 Å². The van der Waals surface area contributed by atoms with Gasteiger partial charge in [0.25, 0.3) is 6.01 Å². The van der Waals surface area contributed by atoms with Crippen LogP contribution >= 0.6 is 0 Å². The lowest BCUT2D eigenvalue weighted by molar-refractivity contribution is -0.137. The first kappa shape index (κ1) is 14.8. The molecule has 1 saturated heterocycles. The van der Waals surface area contributed by atoms with Gasteiger partial charge in [0, 0.05) is 32.7 Å². The zero-order valence-electron chi connectivity index (χ0n) is 12.8. The van der Waals surface area contributed by atoms with Crippen LogP contribution in [0.15, 0.2) is 22.6 Å². The molecule has 0 atom stereocenters. The van der Waals surface area contributed by atoms with Crippen LogP contribution < -0.4 is 4.90 Å². The van der Waals surface area contributed by atoms with Crippen molar-refractivity contribution in [1.82, 2.24) is 9.88 Å². The van der Waals surface area contributed by atoms with Gasteiger partial charge in [0.2, 0.25) is 0 Å². The molecule has 0 unspecified atom stereocenters. The molecular weight excluding hydrogens is 282 g/mol. The fourth-order valence-electron chi connectivity index (χ4n) is 2.73. The summed E-state index contributed by atoms with van der Waals surface area (Å²) in [6.07, 6.45) is 1.18. The average molecular weight is 303 g/mol. The quantitative estimate of drug-likeness (QED) is 0.911. The molecule has 3 rings (SSSR count). The second-order valence-electron chi connectivity index (χ2n) is 5.62. The van der Waals surface area contributed by atoms with Gasteiger partial charge in [-0.2, -0.15) is 4.98 Å². The Hall–Kier alpha value is -2.08. The van der Waals surface area contributed by atoms with Gasteiger partial charge >= 0.3 is 5.97 Å². The van der Waals surface area contributed by atoms with Crippen LogP contribution in [-0.2, 0) is 11.2 Å². The monoisotopic (exact) mass is 303 g/mol. The number of hydrogen-bond donors (Lipinski definition) is 1. The molecule has 0 bridgehead atoms. The van der Waals surface area contributed by atoms with E-state index in [2.05, 4.69) is 33.8 Å². The van der Waals surface area contributed by atoms with Crippen molar-refractivity contribution >= 4 is 23.1 Å². The van der Waals surface area contributed by atoms with Crippen molar-refractivity contribution < 1.29 is 14.3 Å². The number of anilines is 1. The molecule has 2 aromatic rings. The maximum Gasteiger partial charge on any atom is 0.304 e. The first-order valence-electron chi connectivity index (χ1n) is 7.74. The van der Waals surface area contributed by atoms with E-state index in [1.54, 1.807) is 0 Å². The van der Waals surface area contributed by atoms with E-state index in [1.165, 1.54) is 5.56 Å². The second kappa shape index (κ2) is 6.36. The lowest BCUT2D eigenvalue weighted by Crippen LogP contribution is -2.47. The third-order valence-corrected chi connectivity index (χ3v) is 4.13. The molecule has 1 fully saturated rings. The summed E-state index contributed by atoms with van der Waals surface area (Å²) >= 11 is 0. The maximum absolute atomic E-state index is 10.6. The highest BCUT2D eigenvalue weighted by Gasteiger charge is 2.21. The summed E-state index contributed by atoms with van der Waals surface area (Å²) in [6.45, 7) is 6.04. The van der Waals surface area contributed by atoms with Crippen molar-refractivity contribution in [2.75, 3.05) is 37.6 Å². The van der Waals surface area contributed by atoms with E-state index < -0.39 is 5.97 Å². The summed E-state index contributed by atoms with van der Waals surface area (Å²) in [6, 6.07) is 6.79. The van der Waals surface area contributed by atoms with Crippen LogP contribution in [0.2, 0.25) is 0 Å². The summed E-state index contributed by atoms with van der Waals surface area (Å²) in [5.41, 5.74) is 2.98. The lowest BCUT2D eigenvalue weighted by Gasteiger charge is -2.33. The number of benzene rings is 1. The Kier molecular flexibility index (Phi) is 4.29. The topological polar surface area (TPSA) is 69.8 Å². The molecule has 2 heterocycles. The number of piperazine rings is 1. The molecular formula is C16H21N3O3. The van der Waals surface area contributed by atoms with Gasteiger partial charge in [-0.05, 0) is 24.1 Å². The van der Waals surface area contributed by atoms with Crippen molar-refractivity contribution in [2.45, 2.75) is 19.8 Å². The van der Waals surface area contributed by atoms with Crippen LogP contribution in [0, 0.1) is 0 Å².